The molecule has 8 heteroatoms. The summed E-state index contributed by atoms with van der Waals surface area (Å²) in [6.45, 7) is 0.923. The first-order valence-electron chi connectivity index (χ1n) is 9.97. The van der Waals surface area contributed by atoms with Gasteiger partial charge in [0.1, 0.15) is 0 Å². The van der Waals surface area contributed by atoms with Crippen molar-refractivity contribution in [3.63, 3.8) is 0 Å². The Morgan fingerprint density at radius 3 is 2.41 bits per heavy atom. The van der Waals surface area contributed by atoms with Gasteiger partial charge in [-0.1, -0.05) is 30.3 Å². The number of hydrogen-bond donors (Lipinski definition) is 3. The van der Waals surface area contributed by atoms with Gasteiger partial charge in [0.25, 0.3) is 0 Å². The predicted molar refractivity (Wildman–Crippen MR) is 108 cm³/mol. The van der Waals surface area contributed by atoms with Crippen LogP contribution >= 0.6 is 0 Å². The number of carboxylic acids is 1. The number of aliphatic carboxylic acids is 1. The summed E-state index contributed by atoms with van der Waals surface area (Å²) in [5, 5.41) is 14.8. The van der Waals surface area contributed by atoms with E-state index in [1.165, 1.54) is 12.8 Å². The number of anilines is 1. The molecule has 2 saturated carbocycles. The van der Waals surface area contributed by atoms with E-state index in [1.807, 2.05) is 35.2 Å². The Bertz CT molecular complexity index is 848. The fourth-order valence-corrected chi connectivity index (χ4v) is 3.63. The molecule has 8 nitrogen and oxygen atoms in total. The third kappa shape index (κ3) is 5.29. The molecule has 4 rings (SSSR count). The van der Waals surface area contributed by atoms with Crippen LogP contribution in [0.2, 0.25) is 0 Å². The molecule has 29 heavy (non-hydrogen) atoms. The van der Waals surface area contributed by atoms with Gasteiger partial charge in [-0.15, -0.1) is 0 Å². The predicted octanol–water partition coefficient (Wildman–Crippen LogP) is 2.59. The lowest BCUT2D eigenvalue weighted by molar-refractivity contribution is -0.139. The van der Waals surface area contributed by atoms with Crippen molar-refractivity contribution in [3.05, 3.63) is 42.7 Å². The molecule has 0 atom stereocenters. The number of carboxylic acid groups (broad SMARTS) is 1. The number of amides is 2. The van der Waals surface area contributed by atoms with Crippen LogP contribution in [0.25, 0.3) is 11.4 Å². The molecule has 2 aliphatic rings. The van der Waals surface area contributed by atoms with E-state index in [1.54, 1.807) is 12.4 Å². The van der Waals surface area contributed by atoms with Crippen molar-refractivity contribution in [1.82, 2.24) is 20.2 Å². The summed E-state index contributed by atoms with van der Waals surface area (Å²) in [5.74, 6) is 0.454. The number of nitrogens with one attached hydrogen (secondary N) is 2. The summed E-state index contributed by atoms with van der Waals surface area (Å²) in [4.78, 5) is 34.0. The smallest absolute Gasteiger partial charge is 0.319 e. The third-order valence-corrected chi connectivity index (χ3v) is 5.43. The average molecular weight is 395 g/mol. The summed E-state index contributed by atoms with van der Waals surface area (Å²) in [6, 6.07) is 9.63. The van der Waals surface area contributed by atoms with Crippen LogP contribution in [0.15, 0.2) is 42.7 Å². The van der Waals surface area contributed by atoms with Crippen LogP contribution in [0.4, 0.5) is 10.5 Å². The molecule has 1 aromatic heterocycles. The van der Waals surface area contributed by atoms with Crippen LogP contribution in [-0.2, 0) is 4.79 Å². The standard InChI is InChI=1S/C21H25N5O3/c27-19(28)13-26(12-14-6-7-14)18-8-16(9-18)24-21(29)25-17-10-22-20(23-11-17)15-4-2-1-3-5-15/h1-5,10-11,14,16,18H,6-9,12-13H2,(H,27,28)(H2,24,25,29). The van der Waals surface area contributed by atoms with Crippen molar-refractivity contribution in [2.24, 2.45) is 5.92 Å². The minimum absolute atomic E-state index is 0.0556. The van der Waals surface area contributed by atoms with Crippen molar-refractivity contribution in [2.75, 3.05) is 18.4 Å². The maximum atomic E-state index is 12.2. The molecule has 2 fully saturated rings. The Morgan fingerprint density at radius 1 is 1.10 bits per heavy atom. The minimum atomic E-state index is -0.793. The third-order valence-electron chi connectivity index (χ3n) is 5.43. The van der Waals surface area contributed by atoms with Crippen molar-refractivity contribution >= 4 is 17.7 Å². The summed E-state index contributed by atoms with van der Waals surface area (Å²) in [5.41, 5.74) is 1.44. The van der Waals surface area contributed by atoms with E-state index in [0.717, 1.165) is 24.9 Å². The molecular formula is C21H25N5O3. The van der Waals surface area contributed by atoms with Crippen LogP contribution in [0, 0.1) is 5.92 Å². The van der Waals surface area contributed by atoms with Crippen molar-refractivity contribution in [2.45, 2.75) is 37.8 Å². The fraction of sp³-hybridized carbons (Fsp3) is 0.429. The quantitative estimate of drug-likeness (QED) is 0.634. The van der Waals surface area contributed by atoms with E-state index in [9.17, 15) is 9.59 Å². The van der Waals surface area contributed by atoms with Crippen LogP contribution in [0.1, 0.15) is 25.7 Å². The minimum Gasteiger partial charge on any atom is -0.480 e. The Labute approximate surface area is 169 Å². The summed E-state index contributed by atoms with van der Waals surface area (Å²) < 4.78 is 0. The number of carbonyl (C=O) groups excluding carboxylic acids is 1. The Hall–Kier alpha value is -3.00. The Morgan fingerprint density at radius 2 is 1.79 bits per heavy atom. The lowest BCUT2D eigenvalue weighted by Gasteiger charge is -2.42. The van der Waals surface area contributed by atoms with Gasteiger partial charge >= 0.3 is 12.0 Å². The second-order valence-corrected chi connectivity index (χ2v) is 7.85. The van der Waals surface area contributed by atoms with Gasteiger partial charge in [0.05, 0.1) is 24.6 Å². The largest absolute Gasteiger partial charge is 0.480 e. The van der Waals surface area contributed by atoms with Gasteiger partial charge in [0.15, 0.2) is 5.82 Å². The molecule has 0 aliphatic heterocycles. The lowest BCUT2D eigenvalue weighted by atomic mass is 9.85. The molecule has 0 spiro atoms. The topological polar surface area (TPSA) is 107 Å². The van der Waals surface area contributed by atoms with Gasteiger partial charge in [-0.2, -0.15) is 0 Å². The van der Waals surface area contributed by atoms with Crippen molar-refractivity contribution < 1.29 is 14.7 Å². The van der Waals surface area contributed by atoms with E-state index in [2.05, 4.69) is 20.6 Å². The number of nitrogens with zero attached hydrogens (tertiary/aromatic N) is 3. The van der Waals surface area contributed by atoms with E-state index < -0.39 is 5.97 Å². The van der Waals surface area contributed by atoms with Crippen LogP contribution in [0.5, 0.6) is 0 Å². The van der Waals surface area contributed by atoms with Gasteiger partial charge in [0.2, 0.25) is 0 Å². The molecule has 0 radical (unpaired) electrons. The van der Waals surface area contributed by atoms with Crippen LogP contribution in [0.3, 0.4) is 0 Å². The monoisotopic (exact) mass is 395 g/mol. The SMILES string of the molecule is O=C(O)CN(CC1CC1)C1CC(NC(=O)Nc2cnc(-c3ccccc3)nc2)C1. The summed E-state index contributed by atoms with van der Waals surface area (Å²) in [7, 11) is 0. The molecule has 0 unspecified atom stereocenters. The number of aromatic nitrogens is 2. The molecule has 1 heterocycles. The first kappa shape index (κ1) is 19.3. The van der Waals surface area contributed by atoms with Gasteiger partial charge in [-0.05, 0) is 31.6 Å². The van der Waals surface area contributed by atoms with Gasteiger partial charge in [-0.3, -0.25) is 9.69 Å². The second kappa shape index (κ2) is 8.57. The molecule has 0 saturated heterocycles. The highest BCUT2D eigenvalue weighted by Gasteiger charge is 2.37. The fourth-order valence-electron chi connectivity index (χ4n) is 3.63. The molecule has 2 aliphatic carbocycles. The average Bonchev–Trinajstić information content (AvgIpc) is 3.49. The van der Waals surface area contributed by atoms with Gasteiger partial charge < -0.3 is 15.7 Å². The van der Waals surface area contributed by atoms with Gasteiger partial charge in [-0.25, -0.2) is 14.8 Å². The molecule has 2 aromatic rings. The van der Waals surface area contributed by atoms with E-state index in [0.29, 0.717) is 17.4 Å². The molecule has 2 amide bonds. The van der Waals surface area contributed by atoms with E-state index >= 15 is 0 Å². The normalized spacial score (nSPS) is 20.7. The van der Waals surface area contributed by atoms with E-state index in [4.69, 9.17) is 5.11 Å². The summed E-state index contributed by atoms with van der Waals surface area (Å²) in [6.07, 6.45) is 7.11. The highest BCUT2D eigenvalue weighted by Crippen LogP contribution is 2.33. The zero-order chi connectivity index (χ0) is 20.2. The first-order chi connectivity index (χ1) is 14.1. The van der Waals surface area contributed by atoms with Crippen molar-refractivity contribution in [1.29, 1.82) is 0 Å². The van der Waals surface area contributed by atoms with Crippen molar-refractivity contribution in [3.8, 4) is 11.4 Å². The van der Waals surface area contributed by atoms with E-state index in [-0.39, 0.29) is 24.7 Å². The van der Waals surface area contributed by atoms with Gasteiger partial charge in [0, 0.05) is 24.2 Å². The summed E-state index contributed by atoms with van der Waals surface area (Å²) >= 11 is 0. The first-order valence-corrected chi connectivity index (χ1v) is 9.97. The maximum Gasteiger partial charge on any atom is 0.319 e. The zero-order valence-corrected chi connectivity index (χ0v) is 16.1. The number of hydrogen-bond acceptors (Lipinski definition) is 5. The highest BCUT2D eigenvalue weighted by molar-refractivity contribution is 5.89. The van der Waals surface area contributed by atoms with Crippen LogP contribution in [-0.4, -0.2) is 57.1 Å². The molecule has 3 N–H and O–H groups in total. The van der Waals surface area contributed by atoms with Crippen LogP contribution < -0.4 is 10.6 Å². The Kier molecular flexibility index (Phi) is 5.71. The number of benzene rings is 1. The Balaban J connectivity index is 1.24. The lowest BCUT2D eigenvalue weighted by Crippen LogP contribution is -2.55. The molecular weight excluding hydrogens is 370 g/mol. The second-order valence-electron chi connectivity index (χ2n) is 7.85. The molecule has 152 valence electrons. The number of urea groups is 1. The molecule has 0 bridgehead atoms. The highest BCUT2D eigenvalue weighted by atomic mass is 16.4. The number of rotatable bonds is 8. The number of carbonyl (C=O) groups is 2. The molecule has 1 aromatic carbocycles. The zero-order valence-electron chi connectivity index (χ0n) is 16.1. The maximum absolute atomic E-state index is 12.2.